The van der Waals surface area contributed by atoms with Crippen LogP contribution in [0.1, 0.15) is 34.1 Å². The lowest BCUT2D eigenvalue weighted by atomic mass is 9.84. The minimum Gasteiger partial charge on any atom is -0.497 e. The largest absolute Gasteiger partial charge is 0.497 e. The monoisotopic (exact) mass is 567 g/mol. The second-order valence-corrected chi connectivity index (χ2v) is 9.83. The summed E-state index contributed by atoms with van der Waals surface area (Å²) in [5.74, 6) is 0.269. The van der Waals surface area contributed by atoms with Crippen molar-refractivity contribution in [2.45, 2.75) is 17.9 Å². The standard InChI is InChI=1S/C34H33NO7/c1-38-22-15-13-21(14-16-22)31(28-18-17-23(39-2)19-30(28)40-3)32(33(36)41-4)35-34(37)42-20-29-26-11-7-5-9-24(26)25-10-6-8-12-27(25)29/h5-19,29,31-32H,20H2,1-4H3,(H,35,37)/t31-,32-/m0/s1. The van der Waals surface area contributed by atoms with Crippen molar-refractivity contribution in [1.29, 1.82) is 0 Å². The fraction of sp³-hybridized carbons (Fsp3) is 0.235. The molecule has 0 fully saturated rings. The van der Waals surface area contributed by atoms with Crippen LogP contribution in [0.3, 0.4) is 0 Å². The third-order valence-corrected chi connectivity index (χ3v) is 7.66. The number of hydrogen-bond donors (Lipinski definition) is 1. The second-order valence-electron chi connectivity index (χ2n) is 9.83. The van der Waals surface area contributed by atoms with Crippen LogP contribution in [-0.4, -0.2) is 53.2 Å². The Morgan fingerprint density at radius 3 is 1.90 bits per heavy atom. The fourth-order valence-electron chi connectivity index (χ4n) is 5.61. The quantitative estimate of drug-likeness (QED) is 0.238. The number of amides is 1. The van der Waals surface area contributed by atoms with Crippen molar-refractivity contribution in [3.63, 3.8) is 0 Å². The molecule has 0 saturated heterocycles. The van der Waals surface area contributed by atoms with E-state index in [-0.39, 0.29) is 12.5 Å². The van der Waals surface area contributed by atoms with Gasteiger partial charge in [-0.15, -0.1) is 0 Å². The van der Waals surface area contributed by atoms with E-state index in [0.29, 0.717) is 22.8 Å². The summed E-state index contributed by atoms with van der Waals surface area (Å²) in [5, 5.41) is 2.79. The summed E-state index contributed by atoms with van der Waals surface area (Å²) in [6.45, 7) is 0.104. The van der Waals surface area contributed by atoms with Gasteiger partial charge in [-0.3, -0.25) is 0 Å². The molecule has 2 atom stereocenters. The number of fused-ring (bicyclic) bond motifs is 3. The molecule has 1 aliphatic rings. The van der Waals surface area contributed by atoms with Crippen LogP contribution >= 0.6 is 0 Å². The van der Waals surface area contributed by atoms with Gasteiger partial charge in [0.25, 0.3) is 0 Å². The van der Waals surface area contributed by atoms with Crippen LogP contribution in [0.25, 0.3) is 11.1 Å². The van der Waals surface area contributed by atoms with Crippen molar-refractivity contribution in [3.05, 3.63) is 113 Å². The van der Waals surface area contributed by atoms with E-state index in [2.05, 4.69) is 17.4 Å². The first kappa shape index (κ1) is 28.5. The van der Waals surface area contributed by atoms with E-state index >= 15 is 0 Å². The second kappa shape index (κ2) is 12.7. The summed E-state index contributed by atoms with van der Waals surface area (Å²) in [7, 11) is 5.96. The van der Waals surface area contributed by atoms with Gasteiger partial charge in [0.2, 0.25) is 0 Å². The molecule has 8 heteroatoms. The lowest BCUT2D eigenvalue weighted by Gasteiger charge is -2.28. The van der Waals surface area contributed by atoms with E-state index in [1.54, 1.807) is 38.5 Å². The van der Waals surface area contributed by atoms with Gasteiger partial charge in [0, 0.05) is 23.5 Å². The first-order chi connectivity index (χ1) is 20.5. The molecule has 0 aliphatic heterocycles. The Labute approximate surface area is 245 Å². The summed E-state index contributed by atoms with van der Waals surface area (Å²) in [6.07, 6.45) is -0.738. The van der Waals surface area contributed by atoms with E-state index < -0.39 is 24.0 Å². The third kappa shape index (κ3) is 5.61. The van der Waals surface area contributed by atoms with Crippen LogP contribution in [0.4, 0.5) is 4.79 Å². The van der Waals surface area contributed by atoms with Crippen LogP contribution in [0.15, 0.2) is 91.0 Å². The summed E-state index contributed by atoms with van der Waals surface area (Å²) in [4.78, 5) is 26.7. The van der Waals surface area contributed by atoms with Gasteiger partial charge >= 0.3 is 12.1 Å². The Kier molecular flexibility index (Phi) is 8.62. The van der Waals surface area contributed by atoms with Crippen molar-refractivity contribution in [2.75, 3.05) is 35.0 Å². The lowest BCUT2D eigenvalue weighted by molar-refractivity contribution is -0.143. The van der Waals surface area contributed by atoms with E-state index in [4.69, 9.17) is 23.7 Å². The molecule has 0 spiro atoms. The molecule has 5 rings (SSSR count). The number of rotatable bonds is 10. The van der Waals surface area contributed by atoms with Gasteiger partial charge in [-0.25, -0.2) is 9.59 Å². The third-order valence-electron chi connectivity index (χ3n) is 7.66. The van der Waals surface area contributed by atoms with E-state index in [1.165, 1.54) is 14.2 Å². The summed E-state index contributed by atoms with van der Waals surface area (Å²) >= 11 is 0. The number of hydrogen-bond acceptors (Lipinski definition) is 7. The van der Waals surface area contributed by atoms with Gasteiger partial charge in [-0.2, -0.15) is 0 Å². The highest BCUT2D eigenvalue weighted by Gasteiger charge is 2.36. The highest BCUT2D eigenvalue weighted by molar-refractivity contribution is 5.84. The van der Waals surface area contributed by atoms with Crippen LogP contribution in [0.2, 0.25) is 0 Å². The smallest absolute Gasteiger partial charge is 0.407 e. The number of alkyl carbamates (subject to hydrolysis) is 1. The molecular formula is C34H33NO7. The zero-order chi connectivity index (χ0) is 29.6. The van der Waals surface area contributed by atoms with Gasteiger partial charge in [0.1, 0.15) is 29.9 Å². The molecule has 1 N–H and O–H groups in total. The molecule has 1 amide bonds. The van der Waals surface area contributed by atoms with Crippen LogP contribution < -0.4 is 19.5 Å². The molecule has 1 aliphatic carbocycles. The van der Waals surface area contributed by atoms with E-state index in [0.717, 1.165) is 27.8 Å². The van der Waals surface area contributed by atoms with Crippen molar-refractivity contribution >= 4 is 12.1 Å². The number of ether oxygens (including phenoxy) is 5. The Hall–Kier alpha value is -4.98. The Morgan fingerprint density at radius 2 is 1.33 bits per heavy atom. The maximum Gasteiger partial charge on any atom is 0.407 e. The lowest BCUT2D eigenvalue weighted by Crippen LogP contribution is -2.46. The maximum absolute atomic E-state index is 13.4. The van der Waals surface area contributed by atoms with Gasteiger partial charge in [-0.1, -0.05) is 66.7 Å². The molecule has 0 radical (unpaired) electrons. The molecular weight excluding hydrogens is 534 g/mol. The number of carbonyl (C=O) groups excluding carboxylic acids is 2. The fourth-order valence-corrected chi connectivity index (χ4v) is 5.61. The average Bonchev–Trinajstić information content (AvgIpc) is 3.36. The summed E-state index contributed by atoms with van der Waals surface area (Å²) < 4.78 is 27.3. The molecule has 42 heavy (non-hydrogen) atoms. The van der Waals surface area contributed by atoms with Crippen molar-refractivity contribution in [1.82, 2.24) is 5.32 Å². The average molecular weight is 568 g/mol. The molecule has 0 aromatic heterocycles. The topological polar surface area (TPSA) is 92.3 Å². The molecule has 4 aromatic carbocycles. The number of nitrogens with one attached hydrogen (secondary N) is 1. The minimum absolute atomic E-state index is 0.104. The number of esters is 1. The first-order valence-corrected chi connectivity index (χ1v) is 13.5. The summed E-state index contributed by atoms with van der Waals surface area (Å²) in [6, 6.07) is 27.6. The van der Waals surface area contributed by atoms with Crippen molar-refractivity contribution in [3.8, 4) is 28.4 Å². The maximum atomic E-state index is 13.4. The van der Waals surface area contributed by atoms with Crippen LogP contribution in [0.5, 0.6) is 17.2 Å². The normalized spacial score (nSPS) is 13.2. The SMILES string of the molecule is COC(=O)[C@@H](NC(=O)OCC1c2ccccc2-c2ccccc21)[C@@H](c1ccc(OC)cc1)c1ccc(OC)cc1OC. The number of carbonyl (C=O) groups is 2. The number of methoxy groups -OCH3 is 4. The Bertz CT molecular complexity index is 1520. The molecule has 0 bridgehead atoms. The highest BCUT2D eigenvalue weighted by Crippen LogP contribution is 2.44. The minimum atomic E-state index is -1.14. The zero-order valence-corrected chi connectivity index (χ0v) is 24.0. The molecule has 0 unspecified atom stereocenters. The predicted octanol–water partition coefficient (Wildman–Crippen LogP) is 5.92. The van der Waals surface area contributed by atoms with Crippen molar-refractivity contribution in [2.24, 2.45) is 0 Å². The van der Waals surface area contributed by atoms with Crippen molar-refractivity contribution < 1.29 is 33.3 Å². The highest BCUT2D eigenvalue weighted by atomic mass is 16.6. The molecule has 0 heterocycles. The zero-order valence-electron chi connectivity index (χ0n) is 24.0. The van der Waals surface area contributed by atoms with Gasteiger partial charge in [0.05, 0.1) is 28.4 Å². The Balaban J connectivity index is 1.45. The molecule has 4 aromatic rings. The van der Waals surface area contributed by atoms with Gasteiger partial charge in [0.15, 0.2) is 0 Å². The number of benzene rings is 4. The van der Waals surface area contributed by atoms with Crippen LogP contribution in [0, 0.1) is 0 Å². The van der Waals surface area contributed by atoms with Crippen LogP contribution in [-0.2, 0) is 14.3 Å². The van der Waals surface area contributed by atoms with Gasteiger partial charge < -0.3 is 29.0 Å². The molecule has 0 saturated carbocycles. The predicted molar refractivity (Wildman–Crippen MR) is 158 cm³/mol. The first-order valence-electron chi connectivity index (χ1n) is 13.5. The summed E-state index contributed by atoms with van der Waals surface area (Å²) in [5.41, 5.74) is 5.82. The molecule has 8 nitrogen and oxygen atoms in total. The van der Waals surface area contributed by atoms with E-state index in [1.807, 2.05) is 54.6 Å². The van der Waals surface area contributed by atoms with E-state index in [9.17, 15) is 9.59 Å². The molecule has 216 valence electrons. The Morgan fingerprint density at radius 1 is 0.738 bits per heavy atom. The van der Waals surface area contributed by atoms with Gasteiger partial charge in [-0.05, 0) is 46.0 Å².